The smallest absolute Gasteiger partial charge is 0.150 e. The van der Waals surface area contributed by atoms with E-state index in [1.54, 1.807) is 12.1 Å². The molecule has 118 valence electrons. The Morgan fingerprint density at radius 2 is 2.10 bits per heavy atom. The topological polar surface area (TPSA) is 55.4 Å². The number of hydrogen-bond acceptors (Lipinski definition) is 4. The average molecular weight is 352 g/mol. The van der Waals surface area contributed by atoms with Crippen LogP contribution >= 0.6 is 23.2 Å². The van der Waals surface area contributed by atoms with Crippen molar-refractivity contribution >= 4 is 33.0 Å². The monoisotopic (exact) mass is 351 g/mol. The van der Waals surface area contributed by atoms with Gasteiger partial charge in [-0.2, -0.15) is 0 Å². The van der Waals surface area contributed by atoms with Gasteiger partial charge in [-0.25, -0.2) is 8.42 Å². The summed E-state index contributed by atoms with van der Waals surface area (Å²) in [4.78, 5) is 0. The van der Waals surface area contributed by atoms with Crippen LogP contribution in [0.5, 0.6) is 5.75 Å². The highest BCUT2D eigenvalue weighted by Crippen LogP contribution is 2.39. The van der Waals surface area contributed by atoms with Crippen molar-refractivity contribution in [3.05, 3.63) is 27.7 Å². The van der Waals surface area contributed by atoms with E-state index < -0.39 is 9.84 Å². The van der Waals surface area contributed by atoms with Gasteiger partial charge in [0.2, 0.25) is 0 Å². The second-order valence-corrected chi connectivity index (χ2v) is 8.25. The zero-order valence-corrected chi connectivity index (χ0v) is 14.4. The number of rotatable bonds is 5. The molecule has 1 aromatic carbocycles. The van der Waals surface area contributed by atoms with Crippen molar-refractivity contribution < 1.29 is 13.2 Å². The molecule has 1 aliphatic heterocycles. The number of ether oxygens (including phenoxy) is 1. The summed E-state index contributed by atoms with van der Waals surface area (Å²) in [6, 6.07) is 3.32. The molecule has 1 heterocycles. The van der Waals surface area contributed by atoms with Crippen molar-refractivity contribution in [2.24, 2.45) is 5.92 Å². The number of hydrogen-bond donors (Lipinski definition) is 1. The van der Waals surface area contributed by atoms with Gasteiger partial charge in [-0.1, -0.05) is 30.1 Å². The third-order valence-electron chi connectivity index (χ3n) is 3.77. The minimum Gasteiger partial charge on any atom is -0.495 e. The van der Waals surface area contributed by atoms with Crippen LogP contribution in [0.4, 0.5) is 0 Å². The Bertz CT molecular complexity index is 619. The van der Waals surface area contributed by atoms with Gasteiger partial charge in [0.05, 0.1) is 23.6 Å². The minimum absolute atomic E-state index is 0.0110. The van der Waals surface area contributed by atoms with Crippen molar-refractivity contribution in [1.82, 2.24) is 5.32 Å². The molecular formula is C14H19Cl2NO3S. The molecule has 0 spiro atoms. The van der Waals surface area contributed by atoms with E-state index in [0.29, 0.717) is 22.2 Å². The maximum atomic E-state index is 11.7. The lowest BCUT2D eigenvalue weighted by Crippen LogP contribution is -2.29. The highest BCUT2D eigenvalue weighted by Gasteiger charge is 2.35. The number of nitrogens with one attached hydrogen (secondary N) is 1. The third kappa shape index (κ3) is 3.83. The van der Waals surface area contributed by atoms with Crippen LogP contribution < -0.4 is 10.1 Å². The van der Waals surface area contributed by atoms with Crippen molar-refractivity contribution in [2.45, 2.75) is 19.4 Å². The summed E-state index contributed by atoms with van der Waals surface area (Å²) in [6.07, 6.45) is 0.639. The van der Waals surface area contributed by atoms with Crippen LogP contribution in [0.15, 0.2) is 12.1 Å². The summed E-state index contributed by atoms with van der Waals surface area (Å²) in [5.41, 5.74) is 0.825. The Hall–Kier alpha value is -0.490. The lowest BCUT2D eigenvalue weighted by Gasteiger charge is -2.25. The van der Waals surface area contributed by atoms with Crippen molar-refractivity contribution in [1.29, 1.82) is 0 Å². The summed E-state index contributed by atoms with van der Waals surface area (Å²) < 4.78 is 28.6. The molecule has 0 bridgehead atoms. The molecule has 1 aliphatic rings. The molecular weight excluding hydrogens is 333 g/mol. The molecule has 2 unspecified atom stereocenters. The van der Waals surface area contributed by atoms with Gasteiger partial charge in [0.25, 0.3) is 0 Å². The van der Waals surface area contributed by atoms with Crippen LogP contribution in [-0.4, -0.2) is 33.6 Å². The van der Waals surface area contributed by atoms with E-state index in [1.807, 2.05) is 6.92 Å². The fourth-order valence-corrected chi connectivity index (χ4v) is 5.14. The Balaban J connectivity index is 2.37. The number of halogens is 2. The van der Waals surface area contributed by atoms with Crippen LogP contribution in [0.2, 0.25) is 10.0 Å². The molecule has 0 aromatic heterocycles. The Morgan fingerprint density at radius 3 is 2.62 bits per heavy atom. The van der Waals surface area contributed by atoms with E-state index in [-0.39, 0.29) is 23.5 Å². The summed E-state index contributed by atoms with van der Waals surface area (Å²) in [6.45, 7) is 2.71. The van der Waals surface area contributed by atoms with Gasteiger partial charge in [0, 0.05) is 17.1 Å². The Morgan fingerprint density at radius 1 is 1.38 bits per heavy atom. The van der Waals surface area contributed by atoms with Gasteiger partial charge in [0.15, 0.2) is 9.84 Å². The van der Waals surface area contributed by atoms with Crippen LogP contribution in [0.25, 0.3) is 0 Å². The van der Waals surface area contributed by atoms with Gasteiger partial charge in [-0.15, -0.1) is 0 Å². The Kier molecular flexibility index (Phi) is 5.41. The van der Waals surface area contributed by atoms with Crippen molar-refractivity contribution in [3.8, 4) is 5.75 Å². The third-order valence-corrected chi connectivity index (χ3v) is 6.19. The molecule has 0 saturated carbocycles. The molecule has 0 radical (unpaired) electrons. The highest BCUT2D eigenvalue weighted by molar-refractivity contribution is 7.91. The largest absolute Gasteiger partial charge is 0.495 e. The molecule has 2 atom stereocenters. The van der Waals surface area contributed by atoms with Gasteiger partial charge >= 0.3 is 0 Å². The zero-order valence-electron chi connectivity index (χ0n) is 12.0. The summed E-state index contributed by atoms with van der Waals surface area (Å²) >= 11 is 12.5. The lowest BCUT2D eigenvalue weighted by molar-refractivity contribution is 0.397. The predicted molar refractivity (Wildman–Crippen MR) is 86.2 cm³/mol. The molecule has 2 rings (SSSR count). The average Bonchev–Trinajstić information content (AvgIpc) is 2.78. The molecule has 0 aliphatic carbocycles. The van der Waals surface area contributed by atoms with Crippen LogP contribution in [0.3, 0.4) is 0 Å². The van der Waals surface area contributed by atoms with E-state index in [2.05, 4.69) is 5.32 Å². The normalized spacial score (nSPS) is 22.2. The van der Waals surface area contributed by atoms with Gasteiger partial charge in [-0.05, 0) is 30.5 Å². The number of benzene rings is 1. The molecule has 4 nitrogen and oxygen atoms in total. The summed E-state index contributed by atoms with van der Waals surface area (Å²) in [5, 5.41) is 4.34. The Labute approximate surface area is 135 Å². The van der Waals surface area contributed by atoms with Gasteiger partial charge in [0.1, 0.15) is 5.75 Å². The summed E-state index contributed by atoms with van der Waals surface area (Å²) in [5.74, 6) is 0.947. The first-order chi connectivity index (χ1) is 9.88. The standard InChI is InChI=1S/C14H19Cl2NO3S/c1-3-17-14(9-4-5-21(18,19)8-9)10-6-12(16)13(20-2)7-11(10)15/h6-7,9,14,17H,3-5,8H2,1-2H3. The van der Waals surface area contributed by atoms with E-state index in [1.165, 1.54) is 7.11 Å². The molecule has 21 heavy (non-hydrogen) atoms. The first kappa shape index (κ1) is 16.9. The number of methoxy groups -OCH3 is 1. The fourth-order valence-electron chi connectivity index (χ4n) is 2.78. The minimum atomic E-state index is -2.94. The van der Waals surface area contributed by atoms with E-state index in [4.69, 9.17) is 27.9 Å². The molecule has 1 aromatic rings. The predicted octanol–water partition coefficient (Wildman–Crippen LogP) is 3.09. The van der Waals surface area contributed by atoms with Crippen molar-refractivity contribution in [2.75, 3.05) is 25.2 Å². The van der Waals surface area contributed by atoms with Crippen molar-refractivity contribution in [3.63, 3.8) is 0 Å². The first-order valence-electron chi connectivity index (χ1n) is 6.84. The molecule has 7 heteroatoms. The molecule has 0 amide bonds. The molecule has 1 N–H and O–H groups in total. The highest BCUT2D eigenvalue weighted by atomic mass is 35.5. The second-order valence-electron chi connectivity index (χ2n) is 5.21. The van der Waals surface area contributed by atoms with E-state index in [9.17, 15) is 8.42 Å². The molecule has 1 fully saturated rings. The van der Waals surface area contributed by atoms with Gasteiger partial charge < -0.3 is 10.1 Å². The lowest BCUT2D eigenvalue weighted by atomic mass is 9.92. The number of sulfone groups is 1. The maximum absolute atomic E-state index is 11.7. The molecule has 1 saturated heterocycles. The van der Waals surface area contributed by atoms with Crippen LogP contribution in [0, 0.1) is 5.92 Å². The zero-order chi connectivity index (χ0) is 15.6. The maximum Gasteiger partial charge on any atom is 0.150 e. The first-order valence-corrected chi connectivity index (χ1v) is 9.42. The quantitative estimate of drug-likeness (QED) is 0.885. The van der Waals surface area contributed by atoms with Crippen LogP contribution in [-0.2, 0) is 9.84 Å². The van der Waals surface area contributed by atoms with E-state index >= 15 is 0 Å². The SMILES string of the molecule is CCNC(c1cc(Cl)c(OC)cc1Cl)C1CCS(=O)(=O)C1. The second kappa shape index (κ2) is 6.73. The van der Waals surface area contributed by atoms with Gasteiger partial charge in [-0.3, -0.25) is 0 Å². The summed E-state index contributed by atoms with van der Waals surface area (Å²) in [7, 11) is -1.41. The van der Waals surface area contributed by atoms with E-state index in [0.717, 1.165) is 12.1 Å². The van der Waals surface area contributed by atoms with Crippen LogP contribution in [0.1, 0.15) is 24.9 Å². The fraction of sp³-hybridized carbons (Fsp3) is 0.571.